The van der Waals surface area contributed by atoms with Crippen LogP contribution in [0.4, 0.5) is 5.82 Å². The predicted molar refractivity (Wildman–Crippen MR) is 94.3 cm³/mol. The van der Waals surface area contributed by atoms with Gasteiger partial charge in [-0.1, -0.05) is 6.08 Å². The summed E-state index contributed by atoms with van der Waals surface area (Å²) in [5.74, 6) is -0.422. The van der Waals surface area contributed by atoms with Gasteiger partial charge in [-0.2, -0.15) is 10.5 Å². The Balaban J connectivity index is 2.86. The fourth-order valence-corrected chi connectivity index (χ4v) is 2.95. The fourth-order valence-electron chi connectivity index (χ4n) is 2.22. The summed E-state index contributed by atoms with van der Waals surface area (Å²) < 4.78 is 5.02. The highest BCUT2D eigenvalue weighted by atomic mass is 32.2. The number of hydrogen-bond donors (Lipinski definition) is 3. The van der Waals surface area contributed by atoms with Crippen molar-refractivity contribution >= 4 is 17.6 Å². The lowest BCUT2D eigenvalue weighted by Gasteiger charge is -2.14. The SMILES string of the molecule is C=CCSc1nc(N)c(C#N)c(-c2cc(O)c(O)c(OC)c2)c1C#N. The largest absolute Gasteiger partial charge is 0.504 e. The molecule has 0 atom stereocenters. The van der Waals surface area contributed by atoms with Crippen molar-refractivity contribution < 1.29 is 14.9 Å². The Kier molecular flexibility index (Phi) is 5.38. The van der Waals surface area contributed by atoms with Gasteiger partial charge in [0.2, 0.25) is 5.75 Å². The maximum Gasteiger partial charge on any atom is 0.200 e. The van der Waals surface area contributed by atoms with Crippen molar-refractivity contribution in [2.45, 2.75) is 5.03 Å². The summed E-state index contributed by atoms with van der Waals surface area (Å²) in [6.07, 6.45) is 1.65. The normalized spacial score (nSPS) is 9.88. The average Bonchev–Trinajstić information content (AvgIpc) is 2.61. The number of aromatic hydroxyl groups is 2. The lowest BCUT2D eigenvalue weighted by atomic mass is 9.96. The van der Waals surface area contributed by atoms with Gasteiger partial charge >= 0.3 is 0 Å². The van der Waals surface area contributed by atoms with Crippen LogP contribution in [0.1, 0.15) is 11.1 Å². The second-order valence-corrected chi connectivity index (χ2v) is 5.81. The first-order valence-electron chi connectivity index (χ1n) is 6.96. The van der Waals surface area contributed by atoms with Crippen molar-refractivity contribution in [3.05, 3.63) is 35.9 Å². The highest BCUT2D eigenvalue weighted by Crippen LogP contribution is 2.43. The molecule has 4 N–H and O–H groups in total. The number of thioether (sulfide) groups is 1. The zero-order valence-electron chi connectivity index (χ0n) is 13.3. The van der Waals surface area contributed by atoms with Crippen molar-refractivity contribution in [1.82, 2.24) is 4.98 Å². The van der Waals surface area contributed by atoms with Gasteiger partial charge in [-0.25, -0.2) is 4.98 Å². The third-order valence-electron chi connectivity index (χ3n) is 3.32. The molecule has 0 saturated heterocycles. The molecule has 0 aliphatic heterocycles. The van der Waals surface area contributed by atoms with E-state index in [1.807, 2.05) is 12.1 Å². The van der Waals surface area contributed by atoms with E-state index in [1.54, 1.807) is 6.08 Å². The maximum atomic E-state index is 9.92. The van der Waals surface area contributed by atoms with E-state index in [4.69, 9.17) is 10.5 Å². The Labute approximate surface area is 148 Å². The molecule has 0 fully saturated rings. The second kappa shape index (κ2) is 7.47. The Morgan fingerprint density at radius 1 is 1.32 bits per heavy atom. The summed E-state index contributed by atoms with van der Waals surface area (Å²) in [7, 11) is 1.32. The Hall–Kier alpha value is -3.36. The van der Waals surface area contributed by atoms with Gasteiger partial charge in [0.15, 0.2) is 11.5 Å². The molecule has 0 saturated carbocycles. The van der Waals surface area contributed by atoms with Crippen LogP contribution in [0.5, 0.6) is 17.2 Å². The highest BCUT2D eigenvalue weighted by molar-refractivity contribution is 7.99. The van der Waals surface area contributed by atoms with Gasteiger partial charge in [0.25, 0.3) is 0 Å². The monoisotopic (exact) mass is 354 g/mol. The third-order valence-corrected chi connectivity index (χ3v) is 4.29. The van der Waals surface area contributed by atoms with Crippen LogP contribution < -0.4 is 10.5 Å². The van der Waals surface area contributed by atoms with Crippen LogP contribution in [0.2, 0.25) is 0 Å². The van der Waals surface area contributed by atoms with Crippen LogP contribution in [-0.2, 0) is 0 Å². The van der Waals surface area contributed by atoms with Gasteiger partial charge in [-0.05, 0) is 17.7 Å². The Morgan fingerprint density at radius 3 is 2.56 bits per heavy atom. The van der Waals surface area contributed by atoms with Gasteiger partial charge in [0.1, 0.15) is 28.5 Å². The van der Waals surface area contributed by atoms with Gasteiger partial charge < -0.3 is 20.7 Å². The molecule has 25 heavy (non-hydrogen) atoms. The number of methoxy groups -OCH3 is 1. The number of hydrogen-bond acceptors (Lipinski definition) is 8. The number of nitrogen functional groups attached to an aromatic ring is 1. The Bertz CT molecular complexity index is 929. The van der Waals surface area contributed by atoms with Crippen LogP contribution in [0.15, 0.2) is 29.8 Å². The second-order valence-electron chi connectivity index (χ2n) is 4.80. The van der Waals surface area contributed by atoms with Gasteiger partial charge in [-0.3, -0.25) is 0 Å². The Morgan fingerprint density at radius 2 is 2.00 bits per heavy atom. The summed E-state index contributed by atoms with van der Waals surface area (Å²) in [5.41, 5.74) is 6.55. The number of aromatic nitrogens is 1. The average molecular weight is 354 g/mol. The molecule has 0 bridgehead atoms. The molecule has 7 nitrogen and oxygen atoms in total. The van der Waals surface area contributed by atoms with E-state index in [9.17, 15) is 20.7 Å². The first kappa shape index (κ1) is 18.0. The summed E-state index contributed by atoms with van der Waals surface area (Å²) in [4.78, 5) is 4.13. The fraction of sp³-hybridized carbons (Fsp3) is 0.118. The van der Waals surface area contributed by atoms with E-state index >= 15 is 0 Å². The molecule has 0 spiro atoms. The van der Waals surface area contributed by atoms with Crippen LogP contribution in [0, 0.1) is 22.7 Å². The third kappa shape index (κ3) is 3.30. The molecule has 1 aromatic carbocycles. The molecule has 2 aromatic rings. The van der Waals surface area contributed by atoms with Gasteiger partial charge in [0.05, 0.1) is 12.7 Å². The van der Waals surface area contributed by atoms with Crippen molar-refractivity contribution in [1.29, 1.82) is 10.5 Å². The summed E-state index contributed by atoms with van der Waals surface area (Å²) in [6.45, 7) is 3.62. The molecule has 1 aromatic heterocycles. The van der Waals surface area contributed by atoms with Crippen LogP contribution in [-0.4, -0.2) is 28.1 Å². The number of ether oxygens (including phenoxy) is 1. The van der Waals surface area contributed by atoms with Crippen LogP contribution >= 0.6 is 11.8 Å². The number of nitrogens with zero attached hydrogens (tertiary/aromatic N) is 3. The molecule has 1 heterocycles. The molecular formula is C17H14N4O3S. The molecule has 0 aliphatic carbocycles. The van der Waals surface area contributed by atoms with E-state index in [0.717, 1.165) is 0 Å². The predicted octanol–water partition coefficient (Wildman–Crippen LogP) is 2.77. The van der Waals surface area contributed by atoms with Crippen molar-refractivity contribution in [3.8, 4) is 40.5 Å². The minimum absolute atomic E-state index is 0.00143. The lowest BCUT2D eigenvalue weighted by molar-refractivity contribution is 0.351. The zero-order valence-corrected chi connectivity index (χ0v) is 14.1. The quantitative estimate of drug-likeness (QED) is 0.423. The highest BCUT2D eigenvalue weighted by Gasteiger charge is 2.22. The molecule has 8 heteroatoms. The molecule has 2 rings (SSSR count). The number of phenols is 2. The topological polar surface area (TPSA) is 136 Å². The smallest absolute Gasteiger partial charge is 0.200 e. The molecule has 0 unspecified atom stereocenters. The number of nitrogens with two attached hydrogens (primary N) is 1. The number of phenolic OH excluding ortho intramolecular Hbond substituents is 2. The van der Waals surface area contributed by atoms with Crippen LogP contribution in [0.3, 0.4) is 0 Å². The summed E-state index contributed by atoms with van der Waals surface area (Å²) >= 11 is 1.25. The standard InChI is InChI=1S/C17H14N4O3S/c1-3-4-25-17-11(8-19)14(10(7-18)16(20)21-17)9-5-12(22)15(23)13(6-9)24-2/h3,5-6,22-23H,1,4H2,2H3,(H2,20,21). The molecule has 0 amide bonds. The lowest BCUT2D eigenvalue weighted by Crippen LogP contribution is -2.03. The van der Waals surface area contributed by atoms with Crippen molar-refractivity contribution in [2.24, 2.45) is 0 Å². The molecular weight excluding hydrogens is 340 g/mol. The van der Waals surface area contributed by atoms with E-state index in [0.29, 0.717) is 16.3 Å². The van der Waals surface area contributed by atoms with Crippen molar-refractivity contribution in [2.75, 3.05) is 18.6 Å². The van der Waals surface area contributed by atoms with Crippen molar-refractivity contribution in [3.63, 3.8) is 0 Å². The van der Waals surface area contributed by atoms with Gasteiger partial charge in [0, 0.05) is 11.3 Å². The summed E-state index contributed by atoms with van der Waals surface area (Å²) in [5, 5.41) is 39.1. The molecule has 0 aliphatic rings. The number of nitriles is 2. The minimum Gasteiger partial charge on any atom is -0.504 e. The summed E-state index contributed by atoms with van der Waals surface area (Å²) in [6, 6.07) is 6.62. The van der Waals surface area contributed by atoms with Crippen LogP contribution in [0.25, 0.3) is 11.1 Å². The van der Waals surface area contributed by atoms with E-state index in [-0.39, 0.29) is 28.3 Å². The minimum atomic E-state index is -0.446. The zero-order chi connectivity index (χ0) is 18.6. The van der Waals surface area contributed by atoms with E-state index in [1.165, 1.54) is 31.0 Å². The first-order valence-corrected chi connectivity index (χ1v) is 7.94. The van der Waals surface area contributed by atoms with E-state index < -0.39 is 11.5 Å². The maximum absolute atomic E-state index is 9.92. The number of anilines is 1. The number of rotatable bonds is 5. The molecule has 0 radical (unpaired) electrons. The van der Waals surface area contributed by atoms with E-state index in [2.05, 4.69) is 11.6 Å². The number of benzene rings is 1. The van der Waals surface area contributed by atoms with Gasteiger partial charge in [-0.15, -0.1) is 18.3 Å². The molecule has 126 valence electrons. The first-order chi connectivity index (χ1) is 12.0. The number of pyridine rings is 1.